The van der Waals surface area contributed by atoms with E-state index in [0.29, 0.717) is 0 Å². The summed E-state index contributed by atoms with van der Waals surface area (Å²) in [6.45, 7) is 0. The minimum atomic E-state index is -0.595. The first kappa shape index (κ1) is 10.0. The third-order valence-corrected chi connectivity index (χ3v) is 1.82. The van der Waals surface area contributed by atoms with Gasteiger partial charge >= 0.3 is 0 Å². The smallest absolute Gasteiger partial charge is 0.144 e. The zero-order chi connectivity index (χ0) is 10.4. The fourth-order valence-electron chi connectivity index (χ4n) is 1.07. The third kappa shape index (κ3) is 2.22. The molecular formula is C10H10N4. The fourth-order valence-corrected chi connectivity index (χ4v) is 1.07. The summed E-state index contributed by atoms with van der Waals surface area (Å²) in [5, 5.41) is 18.6. The van der Waals surface area contributed by atoms with Gasteiger partial charge in [0.2, 0.25) is 0 Å². The van der Waals surface area contributed by atoms with Crippen molar-refractivity contribution in [3.63, 3.8) is 0 Å². The highest BCUT2D eigenvalue weighted by atomic mass is 15.4. The van der Waals surface area contributed by atoms with Crippen LogP contribution in [0.4, 0.5) is 5.69 Å². The van der Waals surface area contributed by atoms with Crippen LogP contribution >= 0.6 is 0 Å². The lowest BCUT2D eigenvalue weighted by atomic mass is 10.2. The zero-order valence-corrected chi connectivity index (χ0v) is 7.59. The Kier molecular flexibility index (Phi) is 3.49. The molecule has 0 aliphatic heterocycles. The van der Waals surface area contributed by atoms with Crippen LogP contribution in [0.1, 0.15) is 6.42 Å². The monoisotopic (exact) mass is 186 g/mol. The van der Waals surface area contributed by atoms with E-state index in [4.69, 9.17) is 16.4 Å². The molecule has 0 amide bonds. The van der Waals surface area contributed by atoms with Crippen molar-refractivity contribution in [1.29, 1.82) is 10.5 Å². The van der Waals surface area contributed by atoms with Gasteiger partial charge in [0.15, 0.2) is 0 Å². The SMILES string of the molecule is N#CCC(C#N)N(N)c1ccccc1. The quantitative estimate of drug-likeness (QED) is 0.567. The lowest BCUT2D eigenvalue weighted by Crippen LogP contribution is -2.40. The Morgan fingerprint density at radius 1 is 1.29 bits per heavy atom. The van der Waals surface area contributed by atoms with E-state index in [1.807, 2.05) is 30.3 Å². The molecule has 2 N–H and O–H groups in total. The van der Waals surface area contributed by atoms with Crippen LogP contribution in [0, 0.1) is 22.7 Å². The summed E-state index contributed by atoms with van der Waals surface area (Å²) in [7, 11) is 0. The van der Waals surface area contributed by atoms with Crippen LogP contribution in [0.2, 0.25) is 0 Å². The van der Waals surface area contributed by atoms with Gasteiger partial charge in [-0.25, -0.2) is 5.84 Å². The molecule has 0 bridgehead atoms. The van der Waals surface area contributed by atoms with Gasteiger partial charge < -0.3 is 0 Å². The zero-order valence-electron chi connectivity index (χ0n) is 7.59. The molecule has 0 spiro atoms. The molecule has 4 nitrogen and oxygen atoms in total. The van der Waals surface area contributed by atoms with Gasteiger partial charge in [-0.05, 0) is 12.1 Å². The van der Waals surface area contributed by atoms with E-state index < -0.39 is 6.04 Å². The summed E-state index contributed by atoms with van der Waals surface area (Å²) in [4.78, 5) is 0. The topological polar surface area (TPSA) is 76.8 Å². The number of hydrogen-bond acceptors (Lipinski definition) is 4. The van der Waals surface area contributed by atoms with Crippen LogP contribution in [0.25, 0.3) is 0 Å². The Hall–Kier alpha value is -2.04. The number of rotatable bonds is 3. The van der Waals surface area contributed by atoms with Crippen molar-refractivity contribution < 1.29 is 0 Å². The number of benzene rings is 1. The number of nitrogens with two attached hydrogens (primary N) is 1. The maximum atomic E-state index is 8.77. The van der Waals surface area contributed by atoms with E-state index in [2.05, 4.69) is 0 Å². The van der Waals surface area contributed by atoms with Gasteiger partial charge in [-0.1, -0.05) is 18.2 Å². The summed E-state index contributed by atoms with van der Waals surface area (Å²) in [5.41, 5.74) is 0.731. The second-order valence-corrected chi connectivity index (χ2v) is 2.75. The van der Waals surface area contributed by atoms with Crippen molar-refractivity contribution in [3.05, 3.63) is 30.3 Å². The van der Waals surface area contributed by atoms with E-state index in [9.17, 15) is 0 Å². The van der Waals surface area contributed by atoms with Crippen molar-refractivity contribution in [2.24, 2.45) is 5.84 Å². The van der Waals surface area contributed by atoms with E-state index in [1.165, 1.54) is 5.01 Å². The second kappa shape index (κ2) is 4.86. The summed E-state index contributed by atoms with van der Waals surface area (Å²) >= 11 is 0. The third-order valence-electron chi connectivity index (χ3n) is 1.82. The molecular weight excluding hydrogens is 176 g/mol. The van der Waals surface area contributed by atoms with Crippen molar-refractivity contribution >= 4 is 5.69 Å². The summed E-state index contributed by atoms with van der Waals surface area (Å²) in [5.74, 6) is 5.70. The van der Waals surface area contributed by atoms with E-state index >= 15 is 0 Å². The predicted octanol–water partition coefficient (Wildman–Crippen LogP) is 1.17. The molecule has 0 aromatic heterocycles. The average molecular weight is 186 g/mol. The first-order chi connectivity index (χ1) is 6.79. The molecule has 0 radical (unpaired) electrons. The molecule has 0 aliphatic rings. The number of hydrogen-bond donors (Lipinski definition) is 1. The normalized spacial score (nSPS) is 11.1. The van der Waals surface area contributed by atoms with Crippen LogP contribution in [0.15, 0.2) is 30.3 Å². The molecule has 0 saturated heterocycles. The predicted molar refractivity (Wildman–Crippen MR) is 52.7 cm³/mol. The lowest BCUT2D eigenvalue weighted by Gasteiger charge is -2.21. The maximum Gasteiger partial charge on any atom is 0.144 e. The molecule has 4 heteroatoms. The molecule has 0 heterocycles. The highest BCUT2D eigenvalue weighted by Crippen LogP contribution is 2.13. The molecule has 0 saturated carbocycles. The Bertz CT molecular complexity index is 360. The highest BCUT2D eigenvalue weighted by Gasteiger charge is 2.14. The van der Waals surface area contributed by atoms with Gasteiger partial charge in [0.05, 0.1) is 24.2 Å². The van der Waals surface area contributed by atoms with Gasteiger partial charge in [-0.3, -0.25) is 5.01 Å². The van der Waals surface area contributed by atoms with E-state index in [-0.39, 0.29) is 6.42 Å². The van der Waals surface area contributed by atoms with Crippen molar-refractivity contribution in [3.8, 4) is 12.1 Å². The largest absolute Gasteiger partial charge is 0.293 e. The molecule has 1 atom stereocenters. The van der Waals surface area contributed by atoms with Gasteiger partial charge in [-0.15, -0.1) is 0 Å². The molecule has 14 heavy (non-hydrogen) atoms. The van der Waals surface area contributed by atoms with Crippen LogP contribution in [0.3, 0.4) is 0 Å². The molecule has 1 rings (SSSR count). The average Bonchev–Trinajstić information content (AvgIpc) is 2.26. The van der Waals surface area contributed by atoms with Crippen LogP contribution in [-0.4, -0.2) is 6.04 Å². The minimum absolute atomic E-state index is 0.0991. The van der Waals surface area contributed by atoms with E-state index in [0.717, 1.165) is 5.69 Å². The summed E-state index contributed by atoms with van der Waals surface area (Å²) in [6, 6.07) is 12.4. The van der Waals surface area contributed by atoms with Gasteiger partial charge in [-0.2, -0.15) is 10.5 Å². The van der Waals surface area contributed by atoms with Crippen LogP contribution < -0.4 is 10.9 Å². The number of hydrazine groups is 1. The molecule has 1 unspecified atom stereocenters. The number of nitriles is 2. The highest BCUT2D eigenvalue weighted by molar-refractivity contribution is 5.46. The van der Waals surface area contributed by atoms with Crippen LogP contribution in [-0.2, 0) is 0 Å². The minimum Gasteiger partial charge on any atom is -0.293 e. The first-order valence-corrected chi connectivity index (χ1v) is 4.15. The maximum absolute atomic E-state index is 8.77. The Morgan fingerprint density at radius 3 is 2.43 bits per heavy atom. The second-order valence-electron chi connectivity index (χ2n) is 2.75. The molecule has 1 aromatic rings. The fraction of sp³-hybridized carbons (Fsp3) is 0.200. The van der Waals surface area contributed by atoms with Gasteiger partial charge in [0.25, 0.3) is 0 Å². The van der Waals surface area contributed by atoms with Crippen molar-refractivity contribution in [2.45, 2.75) is 12.5 Å². The van der Waals surface area contributed by atoms with Gasteiger partial charge in [0.1, 0.15) is 6.04 Å². The van der Waals surface area contributed by atoms with Crippen LogP contribution in [0.5, 0.6) is 0 Å². The summed E-state index contributed by atoms with van der Waals surface area (Å²) < 4.78 is 0. The standard InChI is InChI=1S/C10H10N4/c11-7-6-10(8-12)14(13)9-4-2-1-3-5-9/h1-5,10H,6,13H2. The van der Waals surface area contributed by atoms with Gasteiger partial charge in [0, 0.05) is 0 Å². The molecule has 0 aliphatic carbocycles. The Balaban J connectivity index is 2.80. The lowest BCUT2D eigenvalue weighted by molar-refractivity contribution is 0.734. The molecule has 70 valence electrons. The van der Waals surface area contributed by atoms with Crippen molar-refractivity contribution in [2.75, 3.05) is 5.01 Å². The molecule has 0 fully saturated rings. The first-order valence-electron chi connectivity index (χ1n) is 4.15. The Morgan fingerprint density at radius 2 is 1.93 bits per heavy atom. The number of para-hydroxylation sites is 1. The number of anilines is 1. The summed E-state index contributed by atoms with van der Waals surface area (Å²) in [6.07, 6.45) is 0.0991. The van der Waals surface area contributed by atoms with E-state index in [1.54, 1.807) is 12.1 Å². The van der Waals surface area contributed by atoms with Crippen molar-refractivity contribution in [1.82, 2.24) is 0 Å². The molecule has 1 aromatic carbocycles. The number of nitrogens with zero attached hydrogens (tertiary/aromatic N) is 3. The Labute approximate surface area is 82.7 Å².